The molecule has 0 aliphatic heterocycles. The predicted octanol–water partition coefficient (Wildman–Crippen LogP) is 10.1. The molecule has 0 aliphatic carbocycles. The highest BCUT2D eigenvalue weighted by Crippen LogP contribution is 2.30. The molecule has 0 bridgehead atoms. The second-order valence-corrected chi connectivity index (χ2v) is 18.8. The Balaban J connectivity index is 2.23. The van der Waals surface area contributed by atoms with Crippen molar-refractivity contribution in [2.45, 2.75) is 130 Å². The summed E-state index contributed by atoms with van der Waals surface area (Å²) in [5.41, 5.74) is 3.08. The van der Waals surface area contributed by atoms with Crippen molar-refractivity contribution in [2.75, 3.05) is 20.8 Å². The van der Waals surface area contributed by atoms with Gasteiger partial charge in [0.1, 0.15) is 23.9 Å². The molecule has 0 saturated carbocycles. The molecule has 0 aliphatic rings. The minimum atomic E-state index is -2.04. The Bertz CT molecular complexity index is 1330. The average Bonchev–Trinajstić information content (AvgIpc) is 3.16. The summed E-state index contributed by atoms with van der Waals surface area (Å²) < 4.78 is 35.9. The molecular formula is C43H66O8Si. The van der Waals surface area contributed by atoms with Crippen molar-refractivity contribution in [3.05, 3.63) is 84.5 Å². The van der Waals surface area contributed by atoms with Crippen LogP contribution in [0.3, 0.4) is 0 Å². The molecule has 0 amide bonds. The fourth-order valence-electron chi connectivity index (χ4n) is 6.47. The molecule has 2 aromatic rings. The highest BCUT2D eigenvalue weighted by molar-refractivity contribution is 6.73. The van der Waals surface area contributed by atoms with Gasteiger partial charge in [0.2, 0.25) is 0 Å². The molecule has 0 unspecified atom stereocenters. The van der Waals surface area contributed by atoms with E-state index in [0.717, 1.165) is 65.6 Å². The van der Waals surface area contributed by atoms with Gasteiger partial charge in [-0.15, -0.1) is 6.58 Å². The van der Waals surface area contributed by atoms with E-state index in [9.17, 15) is 9.59 Å². The number of benzene rings is 2. The number of esters is 1. The van der Waals surface area contributed by atoms with E-state index in [1.807, 2.05) is 62.4 Å². The predicted molar refractivity (Wildman–Crippen MR) is 212 cm³/mol. The van der Waals surface area contributed by atoms with Crippen LogP contribution in [-0.4, -0.2) is 59.2 Å². The van der Waals surface area contributed by atoms with Crippen LogP contribution in [0.5, 0.6) is 11.5 Å². The molecule has 0 saturated heterocycles. The monoisotopic (exact) mass is 738 g/mol. The summed E-state index contributed by atoms with van der Waals surface area (Å²) in [6, 6.07) is 18.5. The van der Waals surface area contributed by atoms with Gasteiger partial charge in [0.15, 0.2) is 8.32 Å². The van der Waals surface area contributed by atoms with E-state index < -0.39 is 20.3 Å². The maximum absolute atomic E-state index is 13.8. The van der Waals surface area contributed by atoms with E-state index in [1.54, 1.807) is 20.3 Å². The Labute approximate surface area is 315 Å². The van der Waals surface area contributed by atoms with Gasteiger partial charge < -0.3 is 28.1 Å². The van der Waals surface area contributed by atoms with Gasteiger partial charge in [-0.3, -0.25) is 9.59 Å². The number of rotatable bonds is 28. The normalized spacial score (nSPS) is 14.5. The molecule has 8 nitrogen and oxygen atoms in total. The van der Waals surface area contributed by atoms with Crippen molar-refractivity contribution < 1.29 is 37.7 Å². The number of allylic oxidation sites excluding steroid dienone is 1. The largest absolute Gasteiger partial charge is 0.497 e. The highest BCUT2D eigenvalue weighted by atomic mass is 28.4. The number of Topliss-reactive ketones (excluding diaryl/α,β-unsaturated/α-hetero) is 1. The smallest absolute Gasteiger partial charge is 0.311 e. The quantitative estimate of drug-likeness (QED) is 0.0484. The molecule has 0 N–H and O–H groups in total. The van der Waals surface area contributed by atoms with Crippen LogP contribution in [-0.2, 0) is 41.4 Å². The molecule has 5 atom stereocenters. The number of carbonyl (C=O) groups is 2. The fraction of sp³-hybridized carbons (Fsp3) is 0.581. The van der Waals surface area contributed by atoms with Crippen LogP contribution < -0.4 is 9.47 Å². The molecule has 2 aromatic carbocycles. The zero-order chi connectivity index (χ0) is 38.5. The second kappa shape index (κ2) is 24.1. The van der Waals surface area contributed by atoms with Crippen LogP contribution in [0, 0.1) is 11.8 Å². The fourth-order valence-corrected chi connectivity index (χ4v) is 9.38. The summed E-state index contributed by atoms with van der Waals surface area (Å²) >= 11 is 0. The van der Waals surface area contributed by atoms with Crippen LogP contribution in [0.1, 0.15) is 91.2 Å². The van der Waals surface area contributed by atoms with Crippen LogP contribution in [0.15, 0.2) is 73.3 Å². The standard InChI is InChI=1S/C43H66O8Si/c1-11-27-48-43(45)34(8)42(50-31-36-19-25-39(47-10)26-20-36)33(7)16-22-41(51-52(12-2,13-3)14-4)29-37(44)28-40(21-15-32(5)6)49-30-35-17-23-38(46-9)24-18-35/h11,17-20,23-26,33-34,40-42H,1,5,12-16,21-22,27-31H2,2-4,6-10H3/t33-,34+,40+,41+,42+/m1/s1. The molecule has 0 radical (unpaired) electrons. The second-order valence-electron chi connectivity index (χ2n) is 14.1. The molecule has 0 heterocycles. The molecule has 0 fully saturated rings. The summed E-state index contributed by atoms with van der Waals surface area (Å²) in [5.74, 6) is 0.872. The third kappa shape index (κ3) is 15.8. The van der Waals surface area contributed by atoms with E-state index in [4.69, 9.17) is 28.1 Å². The van der Waals surface area contributed by atoms with Gasteiger partial charge in [-0.2, -0.15) is 0 Å². The molecular weight excluding hydrogens is 673 g/mol. The first-order valence-corrected chi connectivity index (χ1v) is 21.6. The number of ether oxygens (including phenoxy) is 5. The number of carbonyl (C=O) groups excluding carboxylic acids is 2. The molecule has 52 heavy (non-hydrogen) atoms. The van der Waals surface area contributed by atoms with Gasteiger partial charge in [-0.05, 0) is 99.0 Å². The van der Waals surface area contributed by atoms with Crippen LogP contribution in [0.4, 0.5) is 0 Å². The Morgan fingerprint density at radius 2 is 1.29 bits per heavy atom. The number of hydrogen-bond acceptors (Lipinski definition) is 8. The SMILES string of the molecule is C=CCOC(=O)[C@@H](C)[C@@H](OCc1ccc(OC)cc1)[C@H](C)CC[C@@H](CC(=O)C[C@H](CCC(=C)C)OCc1ccc(OC)cc1)O[Si](CC)(CC)CC. The maximum Gasteiger partial charge on any atom is 0.311 e. The molecule has 2 rings (SSSR count). The third-order valence-corrected chi connectivity index (χ3v) is 14.8. The lowest BCUT2D eigenvalue weighted by Crippen LogP contribution is -2.41. The first kappa shape index (κ1) is 44.9. The topological polar surface area (TPSA) is 89.5 Å². The van der Waals surface area contributed by atoms with Crippen molar-refractivity contribution in [1.82, 2.24) is 0 Å². The summed E-state index contributed by atoms with van der Waals surface area (Å²) in [4.78, 5) is 26.9. The van der Waals surface area contributed by atoms with E-state index in [1.165, 1.54) is 0 Å². The van der Waals surface area contributed by atoms with E-state index >= 15 is 0 Å². The van der Waals surface area contributed by atoms with Crippen molar-refractivity contribution in [2.24, 2.45) is 11.8 Å². The summed E-state index contributed by atoms with van der Waals surface area (Å²) in [5, 5.41) is 0. The van der Waals surface area contributed by atoms with Crippen molar-refractivity contribution in [3.8, 4) is 11.5 Å². The van der Waals surface area contributed by atoms with Crippen LogP contribution in [0.25, 0.3) is 0 Å². The van der Waals surface area contributed by atoms with Gasteiger partial charge in [-0.1, -0.05) is 70.2 Å². The Morgan fingerprint density at radius 1 is 0.769 bits per heavy atom. The average molecular weight is 739 g/mol. The molecule has 290 valence electrons. The zero-order valence-corrected chi connectivity index (χ0v) is 34.2. The van der Waals surface area contributed by atoms with Gasteiger partial charge in [-0.25, -0.2) is 0 Å². The minimum Gasteiger partial charge on any atom is -0.497 e. The van der Waals surface area contributed by atoms with Gasteiger partial charge in [0.25, 0.3) is 0 Å². The lowest BCUT2D eigenvalue weighted by molar-refractivity contribution is -0.155. The lowest BCUT2D eigenvalue weighted by Gasteiger charge is -2.35. The third-order valence-electron chi connectivity index (χ3n) is 10.1. The maximum atomic E-state index is 13.8. The van der Waals surface area contributed by atoms with Gasteiger partial charge >= 0.3 is 5.97 Å². The number of ketones is 1. The Kier molecular flexibility index (Phi) is 20.9. The Morgan fingerprint density at radius 3 is 1.77 bits per heavy atom. The summed E-state index contributed by atoms with van der Waals surface area (Å²) in [6.45, 7) is 21.3. The zero-order valence-electron chi connectivity index (χ0n) is 33.2. The number of methoxy groups -OCH3 is 2. The molecule has 0 spiro atoms. The molecule has 0 aromatic heterocycles. The Hall–Kier alpha value is -3.24. The number of hydrogen-bond donors (Lipinski definition) is 0. The first-order valence-electron chi connectivity index (χ1n) is 19.0. The summed E-state index contributed by atoms with van der Waals surface area (Å²) in [6.07, 6.45) is 4.27. The summed E-state index contributed by atoms with van der Waals surface area (Å²) in [7, 11) is 1.25. The van der Waals surface area contributed by atoms with E-state index in [0.29, 0.717) is 32.5 Å². The van der Waals surface area contributed by atoms with E-state index in [-0.39, 0.29) is 36.5 Å². The lowest BCUT2D eigenvalue weighted by atomic mass is 9.88. The minimum absolute atomic E-state index is 0.0113. The van der Waals surface area contributed by atoms with Crippen molar-refractivity contribution >= 4 is 20.1 Å². The van der Waals surface area contributed by atoms with Crippen LogP contribution in [0.2, 0.25) is 18.1 Å². The van der Waals surface area contributed by atoms with Crippen LogP contribution >= 0.6 is 0 Å². The van der Waals surface area contributed by atoms with Crippen molar-refractivity contribution in [3.63, 3.8) is 0 Å². The first-order chi connectivity index (χ1) is 24.9. The molecule has 9 heteroatoms. The highest BCUT2D eigenvalue weighted by Gasteiger charge is 2.35. The van der Waals surface area contributed by atoms with E-state index in [2.05, 4.69) is 40.9 Å². The van der Waals surface area contributed by atoms with Gasteiger partial charge in [0.05, 0.1) is 51.7 Å². The van der Waals surface area contributed by atoms with Gasteiger partial charge in [0, 0.05) is 12.8 Å². The van der Waals surface area contributed by atoms with Crippen molar-refractivity contribution in [1.29, 1.82) is 0 Å².